The lowest BCUT2D eigenvalue weighted by atomic mass is 10.4. The van der Waals surface area contributed by atoms with Crippen molar-refractivity contribution in [2.45, 2.75) is 6.42 Å². The molecule has 0 aromatic carbocycles. The lowest BCUT2D eigenvalue weighted by Gasteiger charge is -1.85. The summed E-state index contributed by atoms with van der Waals surface area (Å²) in [7, 11) is 0.903. The van der Waals surface area contributed by atoms with Crippen LogP contribution in [0.3, 0.4) is 0 Å². The van der Waals surface area contributed by atoms with E-state index >= 15 is 0 Å². The molecular weight excluding hydrogens is 138 g/mol. The third-order valence-electron chi connectivity index (χ3n) is 1.03. The molecule has 1 unspecified atom stereocenters. The Hall–Kier alpha value is 0.0700. The van der Waals surface area contributed by atoms with Gasteiger partial charge in [0, 0.05) is 5.88 Å². The van der Waals surface area contributed by atoms with Crippen LogP contribution in [0.15, 0.2) is 17.9 Å². The highest BCUT2D eigenvalue weighted by Gasteiger charge is 1.86. The number of aryl methyl sites for hydroxylation is 1. The maximum Gasteiger partial charge on any atom is 0.0267 e. The molecule has 0 amide bonds. The van der Waals surface area contributed by atoms with Crippen molar-refractivity contribution < 1.29 is 0 Å². The van der Waals surface area contributed by atoms with Gasteiger partial charge in [0.15, 0.2) is 0 Å². The normalized spacial score (nSPS) is 10.6. The molecule has 0 spiro atoms. The minimum absolute atomic E-state index is 0.764. The molecule has 0 bridgehead atoms. The average molecular weight is 147 g/mol. The fourth-order valence-electron chi connectivity index (χ4n) is 0.625. The van der Waals surface area contributed by atoms with Crippen molar-refractivity contribution in [2.75, 3.05) is 5.88 Å². The van der Waals surface area contributed by atoms with Crippen molar-refractivity contribution >= 4 is 19.8 Å². The van der Waals surface area contributed by atoms with Crippen LogP contribution in [0.5, 0.6) is 0 Å². The highest BCUT2D eigenvalue weighted by Crippen LogP contribution is 2.14. The van der Waals surface area contributed by atoms with Crippen molar-refractivity contribution in [1.29, 1.82) is 0 Å². The maximum absolute atomic E-state index is 5.52. The SMILES string of the molecule is ClCCc1ccc[pH]1. The second-order valence-corrected chi connectivity index (χ2v) is 3.28. The Morgan fingerprint density at radius 2 is 2.50 bits per heavy atom. The molecule has 0 aliphatic heterocycles. The molecular formula is C6H8ClP. The number of rotatable bonds is 2. The quantitative estimate of drug-likeness (QED) is 0.563. The van der Waals surface area contributed by atoms with E-state index in [1.165, 1.54) is 5.30 Å². The molecule has 1 heterocycles. The molecule has 0 N–H and O–H groups in total. The smallest absolute Gasteiger partial charge is 0.0267 e. The molecule has 0 aliphatic carbocycles. The van der Waals surface area contributed by atoms with Gasteiger partial charge in [-0.05, 0) is 17.5 Å². The van der Waals surface area contributed by atoms with Crippen LogP contribution in [-0.4, -0.2) is 5.88 Å². The van der Waals surface area contributed by atoms with Crippen LogP contribution < -0.4 is 0 Å². The lowest BCUT2D eigenvalue weighted by molar-refractivity contribution is 1.20. The van der Waals surface area contributed by atoms with Crippen LogP contribution >= 0.6 is 19.8 Å². The Bertz CT molecular complexity index is 134. The fraction of sp³-hybridized carbons (Fsp3) is 0.333. The van der Waals surface area contributed by atoms with Crippen LogP contribution in [0.2, 0.25) is 0 Å². The van der Waals surface area contributed by atoms with Crippen LogP contribution in [0.25, 0.3) is 0 Å². The molecule has 0 fully saturated rings. The summed E-state index contributed by atoms with van der Waals surface area (Å²) in [6.45, 7) is 0. The summed E-state index contributed by atoms with van der Waals surface area (Å²) in [5.41, 5.74) is 0. The van der Waals surface area contributed by atoms with Gasteiger partial charge in [-0.25, -0.2) is 0 Å². The van der Waals surface area contributed by atoms with Crippen molar-refractivity contribution in [3.63, 3.8) is 0 Å². The van der Waals surface area contributed by atoms with E-state index in [2.05, 4.69) is 17.9 Å². The lowest BCUT2D eigenvalue weighted by Crippen LogP contribution is -1.75. The van der Waals surface area contributed by atoms with Crippen molar-refractivity contribution in [1.82, 2.24) is 0 Å². The second kappa shape index (κ2) is 3.17. The fourth-order valence-corrected chi connectivity index (χ4v) is 1.86. The predicted octanol–water partition coefficient (Wildman–Crippen LogP) is 2.50. The Morgan fingerprint density at radius 3 is 3.00 bits per heavy atom. The van der Waals surface area contributed by atoms with E-state index < -0.39 is 0 Å². The van der Waals surface area contributed by atoms with Crippen molar-refractivity contribution in [3.05, 3.63) is 23.2 Å². The number of alkyl halides is 1. The summed E-state index contributed by atoms with van der Waals surface area (Å²) in [4.78, 5) is 0. The molecule has 1 aromatic heterocycles. The van der Waals surface area contributed by atoms with E-state index in [1.807, 2.05) is 0 Å². The summed E-state index contributed by atoms with van der Waals surface area (Å²) in [5.74, 6) is 2.95. The Balaban J connectivity index is 2.50. The monoisotopic (exact) mass is 146 g/mol. The first kappa shape index (κ1) is 6.19. The van der Waals surface area contributed by atoms with Crippen LogP contribution in [0, 0.1) is 0 Å². The van der Waals surface area contributed by atoms with E-state index in [9.17, 15) is 0 Å². The largest absolute Gasteiger partial charge is 0.137 e. The first-order chi connectivity index (χ1) is 3.93. The number of halogens is 1. The molecule has 1 atom stereocenters. The molecule has 0 nitrogen and oxygen atoms in total. The van der Waals surface area contributed by atoms with Gasteiger partial charge in [0.2, 0.25) is 0 Å². The summed E-state index contributed by atoms with van der Waals surface area (Å²) in [5, 5.41) is 1.49. The highest BCUT2D eigenvalue weighted by molar-refractivity contribution is 7.30. The Kier molecular flexibility index (Phi) is 2.45. The Morgan fingerprint density at radius 1 is 1.62 bits per heavy atom. The van der Waals surface area contributed by atoms with Gasteiger partial charge in [0.1, 0.15) is 0 Å². The number of hydrogen-bond donors (Lipinski definition) is 0. The molecule has 0 saturated carbocycles. The van der Waals surface area contributed by atoms with Crippen LogP contribution in [-0.2, 0) is 6.42 Å². The Labute approximate surface area is 56.0 Å². The molecule has 1 rings (SSSR count). The van der Waals surface area contributed by atoms with Crippen molar-refractivity contribution in [2.24, 2.45) is 0 Å². The molecule has 2 heteroatoms. The zero-order valence-corrected chi connectivity index (χ0v) is 6.28. The van der Waals surface area contributed by atoms with Crippen molar-refractivity contribution in [3.8, 4) is 0 Å². The molecule has 8 heavy (non-hydrogen) atoms. The van der Waals surface area contributed by atoms with Gasteiger partial charge >= 0.3 is 0 Å². The summed E-state index contributed by atoms with van der Waals surface area (Å²) in [6.07, 6.45) is 1.06. The van der Waals surface area contributed by atoms with E-state index in [-0.39, 0.29) is 0 Å². The summed E-state index contributed by atoms with van der Waals surface area (Å²) < 4.78 is 0. The summed E-state index contributed by atoms with van der Waals surface area (Å²) >= 11 is 5.52. The molecule has 0 saturated heterocycles. The summed E-state index contributed by atoms with van der Waals surface area (Å²) in [6, 6.07) is 4.25. The molecule has 44 valence electrons. The van der Waals surface area contributed by atoms with E-state index in [1.54, 1.807) is 0 Å². The average Bonchev–Trinajstić information content (AvgIpc) is 2.19. The standard InChI is InChI=1S/C6H8ClP/c7-4-3-6-2-1-5-8-6/h1-2,5,8H,3-4H2. The number of hydrogen-bond acceptors (Lipinski definition) is 0. The van der Waals surface area contributed by atoms with Gasteiger partial charge in [0.25, 0.3) is 0 Å². The second-order valence-electron chi connectivity index (χ2n) is 1.63. The van der Waals surface area contributed by atoms with E-state index in [4.69, 9.17) is 11.6 Å². The zero-order valence-electron chi connectivity index (χ0n) is 4.52. The molecule has 0 aliphatic rings. The third-order valence-corrected chi connectivity index (χ3v) is 2.36. The highest BCUT2D eigenvalue weighted by atomic mass is 35.5. The van der Waals surface area contributed by atoms with Gasteiger partial charge in [-0.1, -0.05) is 12.1 Å². The van der Waals surface area contributed by atoms with Crippen LogP contribution in [0.1, 0.15) is 5.30 Å². The maximum atomic E-state index is 5.52. The van der Waals surface area contributed by atoms with Gasteiger partial charge in [-0.2, -0.15) is 0 Å². The van der Waals surface area contributed by atoms with Gasteiger partial charge < -0.3 is 0 Å². The predicted molar refractivity (Wildman–Crippen MR) is 40.4 cm³/mol. The first-order valence-electron chi connectivity index (χ1n) is 2.61. The van der Waals surface area contributed by atoms with Gasteiger partial charge in [-0.3, -0.25) is 0 Å². The molecule has 0 radical (unpaired) electrons. The third kappa shape index (κ3) is 1.54. The first-order valence-corrected chi connectivity index (χ1v) is 4.23. The minimum atomic E-state index is 0.764. The van der Waals surface area contributed by atoms with Crippen LogP contribution in [0.4, 0.5) is 0 Å². The minimum Gasteiger partial charge on any atom is -0.137 e. The van der Waals surface area contributed by atoms with E-state index in [0.717, 1.165) is 20.5 Å². The zero-order chi connectivity index (χ0) is 5.82. The van der Waals surface area contributed by atoms with Gasteiger partial charge in [-0.15, -0.1) is 19.8 Å². The topological polar surface area (TPSA) is 0 Å². The molecule has 1 aromatic rings. The van der Waals surface area contributed by atoms with Gasteiger partial charge in [0.05, 0.1) is 0 Å². The van der Waals surface area contributed by atoms with E-state index in [0.29, 0.717) is 0 Å².